The second-order valence-corrected chi connectivity index (χ2v) is 12.3. The zero-order valence-corrected chi connectivity index (χ0v) is 18.5. The highest BCUT2D eigenvalue weighted by molar-refractivity contribution is 7.92. The molecule has 170 valence electrons. The predicted octanol–water partition coefficient (Wildman–Crippen LogP) is 0.734. The molecule has 1 aliphatic carbocycles. The first-order valence-electron chi connectivity index (χ1n) is 11.5. The maximum absolute atomic E-state index is 13.2. The lowest BCUT2D eigenvalue weighted by Gasteiger charge is -2.72. The molecule has 5 fully saturated rings. The standard InChI is InChI=1S/C21H30N4O5S/c26-20(18-11-19(30-23-18)14-1-2-14)22-15-9-16-12-21(13-17(10-15)25(16)21)31(27,28)8-5-24-3-6-29-7-4-24/h11,14-17H,1-10,12-13H2,(H,22,26). The monoisotopic (exact) mass is 450 g/mol. The van der Waals surface area contributed by atoms with Crippen LogP contribution >= 0.6 is 0 Å². The number of amides is 1. The van der Waals surface area contributed by atoms with Crippen LogP contribution in [0.15, 0.2) is 10.6 Å². The average Bonchev–Trinajstić information content (AvgIpc) is 3.45. The van der Waals surface area contributed by atoms with Gasteiger partial charge in [-0.15, -0.1) is 0 Å². The number of morpholine rings is 1. The van der Waals surface area contributed by atoms with Crippen LogP contribution < -0.4 is 5.32 Å². The molecule has 9 nitrogen and oxygen atoms in total. The third-order valence-corrected chi connectivity index (χ3v) is 10.3. The number of aromatic nitrogens is 1. The van der Waals surface area contributed by atoms with E-state index in [1.165, 1.54) is 0 Å². The van der Waals surface area contributed by atoms with Crippen LogP contribution in [0.2, 0.25) is 0 Å². The van der Waals surface area contributed by atoms with Crippen LogP contribution in [0.5, 0.6) is 0 Å². The average molecular weight is 451 g/mol. The number of piperidine rings is 2. The Bertz CT molecular complexity index is 952. The molecule has 1 amide bonds. The molecule has 0 aromatic carbocycles. The summed E-state index contributed by atoms with van der Waals surface area (Å²) in [5.41, 5.74) is 0.353. The van der Waals surface area contributed by atoms with Gasteiger partial charge in [0.2, 0.25) is 0 Å². The molecular weight excluding hydrogens is 420 g/mol. The summed E-state index contributed by atoms with van der Waals surface area (Å²) in [6.07, 6.45) is 5.20. The Morgan fingerprint density at radius 3 is 2.58 bits per heavy atom. The van der Waals surface area contributed by atoms with Crippen LogP contribution in [0.4, 0.5) is 0 Å². The Morgan fingerprint density at radius 1 is 1.19 bits per heavy atom. The van der Waals surface area contributed by atoms with Crippen molar-refractivity contribution in [3.63, 3.8) is 0 Å². The Kier molecular flexibility index (Phi) is 4.72. The summed E-state index contributed by atoms with van der Waals surface area (Å²) in [7, 11) is -3.18. The van der Waals surface area contributed by atoms with Gasteiger partial charge < -0.3 is 14.6 Å². The molecule has 5 heterocycles. The fraction of sp³-hybridized carbons (Fsp3) is 0.810. The second kappa shape index (κ2) is 7.26. The molecule has 0 radical (unpaired) electrons. The molecule has 31 heavy (non-hydrogen) atoms. The molecule has 6 rings (SSSR count). The van der Waals surface area contributed by atoms with Gasteiger partial charge in [0.15, 0.2) is 15.5 Å². The largest absolute Gasteiger partial charge is 0.379 e. The third kappa shape index (κ3) is 3.34. The van der Waals surface area contributed by atoms with E-state index in [0.717, 1.165) is 44.5 Å². The Hall–Kier alpha value is -1.49. The van der Waals surface area contributed by atoms with Gasteiger partial charge >= 0.3 is 0 Å². The smallest absolute Gasteiger partial charge is 0.273 e. The maximum atomic E-state index is 13.2. The molecule has 0 spiro atoms. The van der Waals surface area contributed by atoms with Crippen molar-refractivity contribution in [3.05, 3.63) is 17.5 Å². The van der Waals surface area contributed by atoms with Crippen molar-refractivity contribution in [3.8, 4) is 0 Å². The molecule has 1 aromatic rings. The minimum Gasteiger partial charge on any atom is -0.379 e. The van der Waals surface area contributed by atoms with Crippen LogP contribution in [0.3, 0.4) is 0 Å². The number of hydrogen-bond acceptors (Lipinski definition) is 8. The van der Waals surface area contributed by atoms with Gasteiger partial charge in [-0.25, -0.2) is 8.42 Å². The lowest BCUT2D eigenvalue weighted by Crippen LogP contribution is -2.84. The van der Waals surface area contributed by atoms with E-state index in [4.69, 9.17) is 9.26 Å². The van der Waals surface area contributed by atoms with Gasteiger partial charge in [-0.1, -0.05) is 5.16 Å². The first-order valence-corrected chi connectivity index (χ1v) is 13.2. The van der Waals surface area contributed by atoms with Crippen LogP contribution in [0, 0.1) is 0 Å². The molecule has 2 unspecified atom stereocenters. The van der Waals surface area contributed by atoms with Crippen molar-refractivity contribution >= 4 is 15.7 Å². The Morgan fingerprint density at radius 2 is 1.90 bits per heavy atom. The van der Waals surface area contributed by atoms with Gasteiger partial charge in [-0.05, 0) is 38.5 Å². The summed E-state index contributed by atoms with van der Waals surface area (Å²) >= 11 is 0. The molecule has 0 bridgehead atoms. The van der Waals surface area contributed by atoms with Gasteiger partial charge in [0, 0.05) is 49.7 Å². The highest BCUT2D eigenvalue weighted by atomic mass is 32.2. The molecule has 5 aliphatic rings. The molecule has 4 saturated heterocycles. The first-order chi connectivity index (χ1) is 15.0. The number of carbonyl (C=O) groups excluding carboxylic acids is 1. The first kappa shape index (κ1) is 20.1. The van der Waals surface area contributed by atoms with E-state index in [2.05, 4.69) is 20.3 Å². The van der Waals surface area contributed by atoms with E-state index in [1.54, 1.807) is 6.07 Å². The zero-order chi connectivity index (χ0) is 21.2. The highest BCUT2D eigenvalue weighted by Crippen LogP contribution is 2.59. The van der Waals surface area contributed by atoms with Crippen molar-refractivity contribution in [2.24, 2.45) is 0 Å². The predicted molar refractivity (Wildman–Crippen MR) is 111 cm³/mol. The Labute approximate surface area is 182 Å². The highest BCUT2D eigenvalue weighted by Gasteiger charge is 2.71. The van der Waals surface area contributed by atoms with Gasteiger partial charge in [0.05, 0.1) is 19.0 Å². The SMILES string of the molecule is O=C(NC1CC2CC3(S(=O)(=O)CCN4CCOCC4)CC(C1)N23)c1cc(C2CC2)on1. The minimum atomic E-state index is -3.18. The lowest BCUT2D eigenvalue weighted by atomic mass is 9.67. The Balaban J connectivity index is 1.04. The van der Waals surface area contributed by atoms with E-state index < -0.39 is 14.7 Å². The number of ether oxygens (including phenoxy) is 1. The summed E-state index contributed by atoms with van der Waals surface area (Å²) < 4.78 is 37.0. The second-order valence-electron chi connectivity index (χ2n) is 9.87. The van der Waals surface area contributed by atoms with E-state index >= 15 is 0 Å². The summed E-state index contributed by atoms with van der Waals surface area (Å²) in [6.45, 7) is 3.59. The number of carbonyl (C=O) groups is 1. The summed E-state index contributed by atoms with van der Waals surface area (Å²) in [6, 6.07) is 2.32. The topological polar surface area (TPSA) is 105 Å². The summed E-state index contributed by atoms with van der Waals surface area (Å²) in [5, 5.41) is 7.04. The van der Waals surface area contributed by atoms with Crippen LogP contribution in [-0.4, -0.2) is 90.9 Å². The molecular formula is C21H30N4O5S. The number of sulfone groups is 1. The van der Waals surface area contributed by atoms with Gasteiger partial charge in [-0.3, -0.25) is 14.6 Å². The van der Waals surface area contributed by atoms with Gasteiger partial charge in [-0.2, -0.15) is 0 Å². The summed E-state index contributed by atoms with van der Waals surface area (Å²) in [5.74, 6) is 1.28. The fourth-order valence-electron chi connectivity index (χ4n) is 6.13. The van der Waals surface area contributed by atoms with Crippen molar-refractivity contribution in [1.29, 1.82) is 0 Å². The minimum absolute atomic E-state index is 0.0641. The van der Waals surface area contributed by atoms with E-state index in [0.29, 0.717) is 44.2 Å². The van der Waals surface area contributed by atoms with Crippen LogP contribution in [-0.2, 0) is 14.6 Å². The lowest BCUT2D eigenvalue weighted by molar-refractivity contribution is -0.176. The normalized spacial score (nSPS) is 35.7. The summed E-state index contributed by atoms with van der Waals surface area (Å²) in [4.78, 5) is 16.4. The molecule has 10 heteroatoms. The van der Waals surface area contributed by atoms with E-state index in [1.807, 2.05) is 0 Å². The van der Waals surface area contributed by atoms with Gasteiger partial charge in [0.25, 0.3) is 5.91 Å². The molecule has 1 N–H and O–H groups in total. The van der Waals surface area contributed by atoms with Crippen LogP contribution in [0.25, 0.3) is 0 Å². The van der Waals surface area contributed by atoms with Crippen molar-refractivity contribution in [1.82, 2.24) is 20.3 Å². The van der Waals surface area contributed by atoms with Crippen molar-refractivity contribution in [2.75, 3.05) is 38.6 Å². The third-order valence-electron chi connectivity index (χ3n) is 7.91. The number of nitrogens with one attached hydrogen (secondary N) is 1. The van der Waals surface area contributed by atoms with E-state index in [-0.39, 0.29) is 29.8 Å². The number of nitrogens with zero attached hydrogens (tertiary/aromatic N) is 3. The van der Waals surface area contributed by atoms with Crippen molar-refractivity contribution in [2.45, 2.75) is 67.4 Å². The molecule has 1 aromatic heterocycles. The van der Waals surface area contributed by atoms with E-state index in [9.17, 15) is 13.2 Å². The quantitative estimate of drug-likeness (QED) is 0.648. The fourth-order valence-corrected chi connectivity index (χ4v) is 8.52. The van der Waals surface area contributed by atoms with Crippen molar-refractivity contribution < 1.29 is 22.5 Å². The molecule has 1 saturated carbocycles. The zero-order valence-electron chi connectivity index (χ0n) is 17.7. The molecule has 2 atom stereocenters. The molecule has 4 aliphatic heterocycles. The number of hydrogen-bond donors (Lipinski definition) is 1. The number of rotatable bonds is 7. The van der Waals surface area contributed by atoms with Gasteiger partial charge in [0.1, 0.15) is 10.6 Å². The van der Waals surface area contributed by atoms with Crippen LogP contribution in [0.1, 0.15) is 60.7 Å². The maximum Gasteiger partial charge on any atom is 0.273 e.